The maximum atomic E-state index is 12.7. The van der Waals surface area contributed by atoms with Crippen LogP contribution in [0.4, 0.5) is 10.5 Å². The molecule has 2 aromatic carbocycles. The Bertz CT molecular complexity index is 966. The number of aromatic nitrogens is 2. The second-order valence-corrected chi connectivity index (χ2v) is 7.27. The van der Waals surface area contributed by atoms with Crippen LogP contribution in [0, 0.1) is 6.92 Å². The summed E-state index contributed by atoms with van der Waals surface area (Å²) in [5.41, 5.74) is 2.82. The van der Waals surface area contributed by atoms with Crippen molar-refractivity contribution in [3.63, 3.8) is 0 Å². The summed E-state index contributed by atoms with van der Waals surface area (Å²) in [6.07, 6.45) is 1.81. The van der Waals surface area contributed by atoms with Crippen molar-refractivity contribution >= 4 is 11.7 Å². The van der Waals surface area contributed by atoms with E-state index in [4.69, 9.17) is 9.26 Å². The molecular weight excluding hydrogens is 368 g/mol. The Morgan fingerprint density at radius 3 is 2.66 bits per heavy atom. The zero-order chi connectivity index (χ0) is 20.2. The largest absolute Gasteiger partial charge is 0.497 e. The Kier molecular flexibility index (Phi) is 5.46. The summed E-state index contributed by atoms with van der Waals surface area (Å²) in [4.78, 5) is 19.0. The lowest BCUT2D eigenvalue weighted by atomic mass is 9.98. The Morgan fingerprint density at radius 1 is 1.17 bits per heavy atom. The van der Waals surface area contributed by atoms with Crippen molar-refractivity contribution in [1.82, 2.24) is 15.0 Å². The zero-order valence-electron chi connectivity index (χ0n) is 16.6. The summed E-state index contributed by atoms with van der Waals surface area (Å²) in [6, 6.07) is 15.2. The first-order valence-corrected chi connectivity index (χ1v) is 9.73. The number of rotatable bonds is 4. The third-order valence-corrected chi connectivity index (χ3v) is 5.15. The SMILES string of the molecule is COc1ccc(-c2noc([C@@H]3CCCN(C(=O)Nc4ccc(C)cc4)C3)n2)cc1. The lowest BCUT2D eigenvalue weighted by molar-refractivity contribution is 0.184. The minimum Gasteiger partial charge on any atom is -0.497 e. The number of aryl methyl sites for hydroxylation is 1. The fraction of sp³-hybridized carbons (Fsp3) is 0.318. The van der Waals surface area contributed by atoms with Crippen LogP contribution in [0.5, 0.6) is 5.75 Å². The minimum absolute atomic E-state index is 0.0343. The number of carbonyl (C=O) groups is 1. The van der Waals surface area contributed by atoms with Crippen LogP contribution in [0.15, 0.2) is 53.1 Å². The van der Waals surface area contributed by atoms with Gasteiger partial charge in [0.2, 0.25) is 11.7 Å². The molecule has 2 heterocycles. The van der Waals surface area contributed by atoms with E-state index < -0.39 is 0 Å². The number of hydrogen-bond acceptors (Lipinski definition) is 5. The molecule has 1 aromatic heterocycles. The normalized spacial score (nSPS) is 16.5. The molecule has 1 saturated heterocycles. The zero-order valence-corrected chi connectivity index (χ0v) is 16.6. The van der Waals surface area contributed by atoms with Crippen molar-refractivity contribution in [2.24, 2.45) is 0 Å². The van der Waals surface area contributed by atoms with Gasteiger partial charge in [-0.1, -0.05) is 22.9 Å². The second-order valence-electron chi connectivity index (χ2n) is 7.27. The van der Waals surface area contributed by atoms with Crippen molar-refractivity contribution < 1.29 is 14.1 Å². The van der Waals surface area contributed by atoms with E-state index in [1.807, 2.05) is 60.4 Å². The lowest BCUT2D eigenvalue weighted by Crippen LogP contribution is -2.41. The molecule has 3 aromatic rings. The minimum atomic E-state index is -0.103. The van der Waals surface area contributed by atoms with Gasteiger partial charge in [-0.25, -0.2) is 4.79 Å². The van der Waals surface area contributed by atoms with E-state index in [1.165, 1.54) is 0 Å². The molecule has 0 aliphatic carbocycles. The highest BCUT2D eigenvalue weighted by molar-refractivity contribution is 5.89. The van der Waals surface area contributed by atoms with Crippen molar-refractivity contribution in [2.45, 2.75) is 25.7 Å². The average Bonchev–Trinajstić information content (AvgIpc) is 3.26. The van der Waals surface area contributed by atoms with Crippen molar-refractivity contribution in [2.75, 3.05) is 25.5 Å². The Balaban J connectivity index is 1.42. The number of carbonyl (C=O) groups excluding carboxylic acids is 1. The number of urea groups is 1. The Morgan fingerprint density at radius 2 is 1.93 bits per heavy atom. The Hall–Kier alpha value is -3.35. The van der Waals surface area contributed by atoms with Crippen LogP contribution in [0.1, 0.15) is 30.2 Å². The number of anilines is 1. The summed E-state index contributed by atoms with van der Waals surface area (Å²) < 4.78 is 10.7. The van der Waals surface area contributed by atoms with Gasteiger partial charge in [0.1, 0.15) is 5.75 Å². The predicted molar refractivity (Wildman–Crippen MR) is 110 cm³/mol. The number of benzene rings is 2. The molecule has 0 radical (unpaired) electrons. The number of amides is 2. The number of nitrogens with zero attached hydrogens (tertiary/aromatic N) is 3. The molecule has 0 saturated carbocycles. The van der Waals surface area contributed by atoms with E-state index >= 15 is 0 Å². The summed E-state index contributed by atoms with van der Waals surface area (Å²) >= 11 is 0. The standard InChI is InChI=1S/C22H24N4O3/c1-15-5-9-18(10-6-15)23-22(27)26-13-3-4-17(14-26)21-24-20(25-29-21)16-7-11-19(28-2)12-8-16/h5-12,17H,3-4,13-14H2,1-2H3,(H,23,27)/t17-/m1/s1. The number of piperidine rings is 1. The first-order valence-electron chi connectivity index (χ1n) is 9.73. The van der Waals surface area contributed by atoms with Gasteiger partial charge in [0.25, 0.3) is 0 Å². The molecule has 1 fully saturated rings. The maximum absolute atomic E-state index is 12.7. The van der Waals surface area contributed by atoms with E-state index in [2.05, 4.69) is 15.5 Å². The molecule has 4 rings (SSSR count). The number of nitrogens with one attached hydrogen (secondary N) is 1. The van der Waals surface area contributed by atoms with Crippen molar-refractivity contribution in [3.05, 3.63) is 60.0 Å². The van der Waals surface area contributed by atoms with Crippen LogP contribution in [0.2, 0.25) is 0 Å². The molecule has 1 atom stereocenters. The highest BCUT2D eigenvalue weighted by Crippen LogP contribution is 2.28. The predicted octanol–water partition coefficient (Wildman–Crippen LogP) is 4.47. The first kappa shape index (κ1) is 19.0. The number of methoxy groups -OCH3 is 1. The van der Waals surface area contributed by atoms with Crippen LogP contribution < -0.4 is 10.1 Å². The molecule has 150 valence electrons. The van der Waals surface area contributed by atoms with E-state index in [0.717, 1.165) is 35.4 Å². The number of ether oxygens (including phenoxy) is 1. The van der Waals surface area contributed by atoms with Crippen LogP contribution in [-0.4, -0.2) is 41.3 Å². The van der Waals surface area contributed by atoms with E-state index in [1.54, 1.807) is 7.11 Å². The quantitative estimate of drug-likeness (QED) is 0.709. The molecule has 1 N–H and O–H groups in total. The molecule has 7 heteroatoms. The first-order chi connectivity index (χ1) is 14.1. The molecule has 29 heavy (non-hydrogen) atoms. The second kappa shape index (κ2) is 8.34. The van der Waals surface area contributed by atoms with Gasteiger partial charge in [-0.15, -0.1) is 0 Å². The molecule has 0 bridgehead atoms. The van der Waals surface area contributed by atoms with E-state index in [-0.39, 0.29) is 11.9 Å². The van der Waals surface area contributed by atoms with Crippen LogP contribution in [-0.2, 0) is 0 Å². The fourth-order valence-corrected chi connectivity index (χ4v) is 3.46. The molecule has 0 unspecified atom stereocenters. The van der Waals surface area contributed by atoms with Crippen molar-refractivity contribution in [3.8, 4) is 17.1 Å². The van der Waals surface area contributed by atoms with Gasteiger partial charge < -0.3 is 19.5 Å². The molecule has 0 spiro atoms. The maximum Gasteiger partial charge on any atom is 0.321 e. The summed E-state index contributed by atoms with van der Waals surface area (Å²) in [5, 5.41) is 7.08. The van der Waals surface area contributed by atoms with Gasteiger partial charge in [-0.3, -0.25) is 0 Å². The van der Waals surface area contributed by atoms with Crippen LogP contribution >= 0.6 is 0 Å². The van der Waals surface area contributed by atoms with Crippen LogP contribution in [0.3, 0.4) is 0 Å². The molecular formula is C22H24N4O3. The van der Waals surface area contributed by atoms with Gasteiger partial charge >= 0.3 is 6.03 Å². The van der Waals surface area contributed by atoms with E-state index in [0.29, 0.717) is 24.8 Å². The van der Waals surface area contributed by atoms with Gasteiger partial charge in [0.05, 0.1) is 13.0 Å². The van der Waals surface area contributed by atoms with Crippen molar-refractivity contribution in [1.29, 1.82) is 0 Å². The molecule has 7 nitrogen and oxygen atoms in total. The van der Waals surface area contributed by atoms with E-state index in [9.17, 15) is 4.79 Å². The summed E-state index contributed by atoms with van der Waals surface area (Å²) in [5.74, 6) is 1.93. The summed E-state index contributed by atoms with van der Waals surface area (Å²) in [6.45, 7) is 3.29. The highest BCUT2D eigenvalue weighted by Gasteiger charge is 2.28. The third kappa shape index (κ3) is 4.39. The number of hydrogen-bond donors (Lipinski definition) is 1. The topological polar surface area (TPSA) is 80.5 Å². The van der Waals surface area contributed by atoms with Gasteiger partial charge in [-0.2, -0.15) is 4.98 Å². The molecule has 2 amide bonds. The number of likely N-dealkylation sites (tertiary alicyclic amines) is 1. The average molecular weight is 392 g/mol. The molecule has 1 aliphatic heterocycles. The van der Waals surface area contributed by atoms with Gasteiger partial charge in [0, 0.05) is 24.3 Å². The lowest BCUT2D eigenvalue weighted by Gasteiger charge is -2.31. The van der Waals surface area contributed by atoms with Gasteiger partial charge in [0.15, 0.2) is 0 Å². The summed E-state index contributed by atoms with van der Waals surface area (Å²) in [7, 11) is 1.63. The fourth-order valence-electron chi connectivity index (χ4n) is 3.46. The monoisotopic (exact) mass is 392 g/mol. The molecule has 1 aliphatic rings. The smallest absolute Gasteiger partial charge is 0.321 e. The third-order valence-electron chi connectivity index (χ3n) is 5.15. The highest BCUT2D eigenvalue weighted by atomic mass is 16.5. The van der Waals surface area contributed by atoms with Gasteiger partial charge in [-0.05, 0) is 56.2 Å². The Labute approximate surface area is 169 Å². The van der Waals surface area contributed by atoms with Crippen LogP contribution in [0.25, 0.3) is 11.4 Å².